The maximum Gasteiger partial charge on any atom is 0.240 e. The van der Waals surface area contributed by atoms with E-state index in [1.54, 1.807) is 0 Å². The molecule has 1 aliphatic rings. The Labute approximate surface area is 109 Å². The number of amides is 2. The summed E-state index contributed by atoms with van der Waals surface area (Å²) in [6.45, 7) is 5.69. The van der Waals surface area contributed by atoms with Crippen LogP contribution < -0.4 is 16.0 Å². The van der Waals surface area contributed by atoms with Gasteiger partial charge in [0, 0.05) is 6.54 Å². The Hall–Kier alpha value is -1.10. The van der Waals surface area contributed by atoms with Gasteiger partial charge in [0.15, 0.2) is 0 Å². The van der Waals surface area contributed by atoms with Crippen molar-refractivity contribution in [2.24, 2.45) is 0 Å². The van der Waals surface area contributed by atoms with Crippen LogP contribution in [-0.4, -0.2) is 37.0 Å². The first-order valence-corrected chi connectivity index (χ1v) is 6.94. The summed E-state index contributed by atoms with van der Waals surface area (Å²) in [5.41, 5.74) is -0.445. The van der Waals surface area contributed by atoms with E-state index in [-0.39, 0.29) is 18.4 Å². The normalized spacial score (nSPS) is 22.8. The number of carbonyl (C=O) groups excluding carboxylic acids is 2. The third kappa shape index (κ3) is 3.98. The van der Waals surface area contributed by atoms with Crippen molar-refractivity contribution in [1.82, 2.24) is 16.0 Å². The van der Waals surface area contributed by atoms with Gasteiger partial charge >= 0.3 is 0 Å². The van der Waals surface area contributed by atoms with E-state index < -0.39 is 5.54 Å². The van der Waals surface area contributed by atoms with Gasteiger partial charge in [0.1, 0.15) is 0 Å². The molecule has 2 amide bonds. The van der Waals surface area contributed by atoms with Gasteiger partial charge in [-0.25, -0.2) is 0 Å². The van der Waals surface area contributed by atoms with Crippen LogP contribution in [0.5, 0.6) is 0 Å². The summed E-state index contributed by atoms with van der Waals surface area (Å²) in [7, 11) is 0. The van der Waals surface area contributed by atoms with Gasteiger partial charge in [0.05, 0.1) is 12.1 Å². The molecule has 5 nitrogen and oxygen atoms in total. The smallest absolute Gasteiger partial charge is 0.240 e. The molecule has 3 N–H and O–H groups in total. The first kappa shape index (κ1) is 15.0. The van der Waals surface area contributed by atoms with Gasteiger partial charge in [-0.15, -0.1) is 0 Å². The van der Waals surface area contributed by atoms with E-state index in [2.05, 4.69) is 22.9 Å². The zero-order valence-corrected chi connectivity index (χ0v) is 11.5. The number of hydrogen-bond acceptors (Lipinski definition) is 3. The highest BCUT2D eigenvalue weighted by atomic mass is 16.2. The quantitative estimate of drug-likeness (QED) is 0.622. The van der Waals surface area contributed by atoms with Crippen molar-refractivity contribution in [3.05, 3.63) is 0 Å². The van der Waals surface area contributed by atoms with E-state index in [1.807, 2.05) is 6.92 Å². The van der Waals surface area contributed by atoms with Gasteiger partial charge in [0.2, 0.25) is 11.8 Å². The summed E-state index contributed by atoms with van der Waals surface area (Å²) in [6.07, 6.45) is 4.58. The van der Waals surface area contributed by atoms with Crippen molar-refractivity contribution in [2.45, 2.75) is 51.5 Å². The molecule has 1 heterocycles. The highest BCUT2D eigenvalue weighted by Crippen LogP contribution is 2.24. The molecule has 1 rings (SSSR count). The molecule has 5 heteroatoms. The molecule has 18 heavy (non-hydrogen) atoms. The van der Waals surface area contributed by atoms with Gasteiger partial charge in [-0.3, -0.25) is 9.59 Å². The Bertz CT molecular complexity index is 286. The molecule has 0 bridgehead atoms. The molecular weight excluding hydrogens is 230 g/mol. The van der Waals surface area contributed by atoms with E-state index in [0.717, 1.165) is 38.6 Å². The van der Waals surface area contributed by atoms with Gasteiger partial charge in [-0.05, 0) is 32.2 Å². The largest absolute Gasteiger partial charge is 0.355 e. The monoisotopic (exact) mass is 255 g/mol. The molecular formula is C13H25N3O2. The molecule has 1 aliphatic heterocycles. The third-order valence-electron chi connectivity index (χ3n) is 3.34. The summed E-state index contributed by atoms with van der Waals surface area (Å²) < 4.78 is 0. The van der Waals surface area contributed by atoms with Crippen LogP contribution in [0.4, 0.5) is 0 Å². The van der Waals surface area contributed by atoms with Crippen molar-refractivity contribution < 1.29 is 9.59 Å². The lowest BCUT2D eigenvalue weighted by Gasteiger charge is -2.27. The van der Waals surface area contributed by atoms with Crippen LogP contribution in [0.15, 0.2) is 0 Å². The van der Waals surface area contributed by atoms with Crippen molar-refractivity contribution in [3.8, 4) is 0 Å². The first-order valence-electron chi connectivity index (χ1n) is 6.94. The molecule has 0 aromatic heterocycles. The highest BCUT2D eigenvalue weighted by Gasteiger charge is 2.39. The Morgan fingerprint density at radius 2 is 2.00 bits per heavy atom. The first-order chi connectivity index (χ1) is 8.64. The molecule has 0 radical (unpaired) electrons. The average Bonchev–Trinajstić information content (AvgIpc) is 2.83. The summed E-state index contributed by atoms with van der Waals surface area (Å²) in [4.78, 5) is 23.6. The van der Waals surface area contributed by atoms with Crippen LogP contribution in [0.2, 0.25) is 0 Å². The minimum Gasteiger partial charge on any atom is -0.355 e. The average molecular weight is 255 g/mol. The molecule has 1 saturated heterocycles. The molecule has 1 atom stereocenters. The molecule has 1 fully saturated rings. The van der Waals surface area contributed by atoms with Crippen LogP contribution in [0.3, 0.4) is 0 Å². The minimum atomic E-state index is -0.445. The predicted molar refractivity (Wildman–Crippen MR) is 71.2 cm³/mol. The number of hydrogen-bond donors (Lipinski definition) is 3. The van der Waals surface area contributed by atoms with Crippen LogP contribution in [-0.2, 0) is 9.59 Å². The van der Waals surface area contributed by atoms with Crippen LogP contribution in [0.25, 0.3) is 0 Å². The van der Waals surface area contributed by atoms with E-state index in [0.29, 0.717) is 6.54 Å². The van der Waals surface area contributed by atoms with Gasteiger partial charge in [0.25, 0.3) is 0 Å². The predicted octanol–water partition coefficient (Wildman–Crippen LogP) is 0.551. The number of carbonyl (C=O) groups is 2. The zero-order chi connectivity index (χ0) is 13.4. The lowest BCUT2D eigenvalue weighted by molar-refractivity contribution is -0.130. The van der Waals surface area contributed by atoms with E-state index in [9.17, 15) is 9.59 Å². The van der Waals surface area contributed by atoms with Gasteiger partial charge in [-0.1, -0.05) is 20.3 Å². The summed E-state index contributed by atoms with van der Waals surface area (Å²) in [5.74, 6) is -0.150. The lowest BCUT2D eigenvalue weighted by Crippen LogP contribution is -2.55. The Morgan fingerprint density at radius 1 is 1.22 bits per heavy atom. The number of nitrogens with one attached hydrogen (secondary N) is 3. The second kappa shape index (κ2) is 7.36. The number of rotatable bonds is 7. The molecule has 0 saturated carbocycles. The van der Waals surface area contributed by atoms with Crippen molar-refractivity contribution >= 4 is 11.8 Å². The fraction of sp³-hybridized carbons (Fsp3) is 0.846. The second-order valence-corrected chi connectivity index (χ2v) is 4.90. The van der Waals surface area contributed by atoms with E-state index in [1.165, 1.54) is 0 Å². The summed E-state index contributed by atoms with van der Waals surface area (Å²) in [6, 6.07) is 0. The molecule has 0 aromatic carbocycles. The maximum atomic E-state index is 12.2. The topological polar surface area (TPSA) is 70.2 Å². The fourth-order valence-corrected chi connectivity index (χ4v) is 2.41. The maximum absolute atomic E-state index is 12.2. The minimum absolute atomic E-state index is 0.0338. The van der Waals surface area contributed by atoms with Crippen molar-refractivity contribution in [1.29, 1.82) is 0 Å². The molecule has 104 valence electrons. The molecule has 0 aromatic rings. The van der Waals surface area contributed by atoms with Crippen LogP contribution >= 0.6 is 0 Å². The van der Waals surface area contributed by atoms with E-state index in [4.69, 9.17) is 0 Å². The Morgan fingerprint density at radius 3 is 2.56 bits per heavy atom. The van der Waals surface area contributed by atoms with Crippen molar-refractivity contribution in [2.75, 3.05) is 19.6 Å². The molecule has 1 unspecified atom stereocenters. The van der Waals surface area contributed by atoms with Crippen molar-refractivity contribution in [3.63, 3.8) is 0 Å². The molecule has 0 aliphatic carbocycles. The van der Waals surface area contributed by atoms with E-state index >= 15 is 0 Å². The standard InChI is InChI=1S/C13H25N3O2/c1-3-6-13(7-5-9-16-13)12(18)15-10-11(17)14-8-4-2/h16H,3-10H2,1-2H3,(H,14,17)(H,15,18). The second-order valence-electron chi connectivity index (χ2n) is 4.90. The zero-order valence-electron chi connectivity index (χ0n) is 11.5. The fourth-order valence-electron chi connectivity index (χ4n) is 2.41. The highest BCUT2D eigenvalue weighted by molar-refractivity contribution is 5.90. The molecule has 0 spiro atoms. The van der Waals surface area contributed by atoms with Crippen LogP contribution in [0, 0.1) is 0 Å². The summed E-state index contributed by atoms with van der Waals surface area (Å²) >= 11 is 0. The Balaban J connectivity index is 2.40. The van der Waals surface area contributed by atoms with Gasteiger partial charge < -0.3 is 16.0 Å². The lowest BCUT2D eigenvalue weighted by atomic mass is 9.91. The third-order valence-corrected chi connectivity index (χ3v) is 3.34. The van der Waals surface area contributed by atoms with Crippen LogP contribution in [0.1, 0.15) is 46.0 Å². The van der Waals surface area contributed by atoms with Gasteiger partial charge in [-0.2, -0.15) is 0 Å². The SMILES string of the molecule is CCCNC(=O)CNC(=O)C1(CCC)CCCN1. The Kier molecular flexibility index (Phi) is 6.12. The summed E-state index contributed by atoms with van der Waals surface area (Å²) in [5, 5.41) is 8.79.